The average molecular weight is 400 g/mol. The first kappa shape index (κ1) is 19.1. The van der Waals surface area contributed by atoms with Gasteiger partial charge in [-0.15, -0.1) is 0 Å². The normalized spacial score (nSPS) is 12.8. The second-order valence-electron chi connectivity index (χ2n) is 4.78. The number of rotatable bonds is 5. The lowest BCUT2D eigenvalue weighted by Gasteiger charge is -2.16. The zero-order valence-electron chi connectivity index (χ0n) is 12.9. The number of hydrogen-bond acceptors (Lipinski definition) is 5. The number of anilines is 1. The highest BCUT2D eigenvalue weighted by atomic mass is 32.2. The molecule has 2 rings (SSSR count). The minimum Gasteiger partial charge on any atom is -0.301 e. The fourth-order valence-electron chi connectivity index (χ4n) is 1.76. The Bertz CT molecular complexity index is 969. The van der Waals surface area contributed by atoms with Crippen molar-refractivity contribution < 1.29 is 38.8 Å². The van der Waals surface area contributed by atoms with Crippen LogP contribution in [0.15, 0.2) is 42.7 Å². The van der Waals surface area contributed by atoms with Crippen LogP contribution in [0.4, 0.5) is 18.9 Å². The summed E-state index contributed by atoms with van der Waals surface area (Å²) in [5.74, 6) is 0. The van der Waals surface area contributed by atoms with Crippen molar-refractivity contribution >= 4 is 26.0 Å². The third-order valence-electron chi connectivity index (χ3n) is 3.10. The van der Waals surface area contributed by atoms with Crippen LogP contribution in [0.25, 0.3) is 0 Å². The van der Waals surface area contributed by atoms with E-state index in [1.807, 2.05) is 0 Å². The number of halogens is 3. The number of alkyl halides is 3. The van der Waals surface area contributed by atoms with E-state index in [1.165, 1.54) is 12.1 Å². The number of aryl methyl sites for hydroxylation is 1. The molecule has 0 fully saturated rings. The van der Waals surface area contributed by atoms with Crippen LogP contribution in [-0.4, -0.2) is 33.4 Å². The molecule has 25 heavy (non-hydrogen) atoms. The Kier molecular flexibility index (Phi) is 4.74. The SMILES string of the molecule is CN(c1ccccc1)S(=O)(=O)n1cc[n+](C)c1OS(=O)(=O)C(F)(F)F. The van der Waals surface area contributed by atoms with Crippen molar-refractivity contribution in [3.8, 4) is 6.01 Å². The third kappa shape index (κ3) is 3.56. The number of imidazole rings is 1. The zero-order valence-corrected chi connectivity index (χ0v) is 14.5. The van der Waals surface area contributed by atoms with E-state index >= 15 is 0 Å². The van der Waals surface area contributed by atoms with E-state index in [-0.39, 0.29) is 5.69 Å². The molecule has 1 aromatic carbocycles. The summed E-state index contributed by atoms with van der Waals surface area (Å²) >= 11 is 0. The largest absolute Gasteiger partial charge is 0.534 e. The second-order valence-corrected chi connectivity index (χ2v) is 8.16. The summed E-state index contributed by atoms with van der Waals surface area (Å²) in [5.41, 5.74) is -5.49. The van der Waals surface area contributed by atoms with Crippen LogP contribution < -0.4 is 13.1 Å². The standard InChI is InChI=1S/C12H13F3N3O5S2/c1-16-8-9-18(11(16)23-24(19,20)12(13,14)15)25(21,22)17(2)10-6-4-3-5-7-10/h3-9H,1-2H3/q+1. The monoisotopic (exact) mass is 400 g/mol. The van der Waals surface area contributed by atoms with Crippen molar-refractivity contribution in [2.45, 2.75) is 5.51 Å². The molecular weight excluding hydrogens is 387 g/mol. The van der Waals surface area contributed by atoms with Crippen LogP contribution in [0.3, 0.4) is 0 Å². The minimum atomic E-state index is -6.04. The fraction of sp³-hybridized carbons (Fsp3) is 0.250. The van der Waals surface area contributed by atoms with Gasteiger partial charge in [-0.1, -0.05) is 22.2 Å². The molecular formula is C12H13F3N3O5S2+. The van der Waals surface area contributed by atoms with Gasteiger partial charge in [0.05, 0.1) is 12.7 Å². The van der Waals surface area contributed by atoms with E-state index in [4.69, 9.17) is 0 Å². The summed E-state index contributed by atoms with van der Waals surface area (Å²) in [6.07, 6.45) is 1.91. The molecule has 0 spiro atoms. The highest BCUT2D eigenvalue weighted by Gasteiger charge is 2.51. The van der Waals surface area contributed by atoms with Gasteiger partial charge in [0.25, 0.3) is 0 Å². The maximum absolute atomic E-state index is 12.6. The predicted molar refractivity (Wildman–Crippen MR) is 80.4 cm³/mol. The molecule has 0 unspecified atom stereocenters. The Labute approximate surface area is 142 Å². The van der Waals surface area contributed by atoms with Gasteiger partial charge in [-0.05, 0) is 12.1 Å². The molecule has 0 atom stereocenters. The molecule has 0 saturated carbocycles. The lowest BCUT2D eigenvalue weighted by Crippen LogP contribution is -2.39. The van der Waals surface area contributed by atoms with Crippen molar-refractivity contribution in [1.29, 1.82) is 0 Å². The van der Waals surface area contributed by atoms with Gasteiger partial charge in [0.15, 0.2) is 6.20 Å². The van der Waals surface area contributed by atoms with Gasteiger partial charge in [0.2, 0.25) is 0 Å². The first-order valence-electron chi connectivity index (χ1n) is 6.50. The van der Waals surface area contributed by atoms with Gasteiger partial charge in [-0.3, -0.25) is 0 Å². The molecule has 0 aliphatic heterocycles. The molecule has 1 aromatic heterocycles. The topological polar surface area (TPSA) is 89.6 Å². The predicted octanol–water partition coefficient (Wildman–Crippen LogP) is 0.770. The maximum atomic E-state index is 12.6. The molecule has 8 nitrogen and oxygen atoms in total. The summed E-state index contributed by atoms with van der Waals surface area (Å²) in [4.78, 5) is 0. The lowest BCUT2D eigenvalue weighted by atomic mass is 10.3. The van der Waals surface area contributed by atoms with E-state index in [1.54, 1.807) is 18.2 Å². The van der Waals surface area contributed by atoms with Crippen LogP contribution in [0, 0.1) is 0 Å². The lowest BCUT2D eigenvalue weighted by molar-refractivity contribution is -0.673. The first-order chi connectivity index (χ1) is 11.4. The molecule has 0 radical (unpaired) electrons. The molecule has 0 bridgehead atoms. The quantitative estimate of drug-likeness (QED) is 0.420. The number of benzene rings is 1. The molecule has 13 heteroatoms. The van der Waals surface area contributed by atoms with Gasteiger partial charge < -0.3 is 4.18 Å². The van der Waals surface area contributed by atoms with Gasteiger partial charge in [-0.2, -0.15) is 34.6 Å². The van der Waals surface area contributed by atoms with Gasteiger partial charge >= 0.3 is 31.8 Å². The molecule has 138 valence electrons. The second kappa shape index (κ2) is 6.22. The Hall–Kier alpha value is -2.28. The maximum Gasteiger partial charge on any atom is 0.534 e. The summed E-state index contributed by atoms with van der Waals surface area (Å²) in [7, 11) is -8.19. The van der Waals surface area contributed by atoms with Crippen molar-refractivity contribution in [2.24, 2.45) is 7.05 Å². The molecule has 0 amide bonds. The summed E-state index contributed by atoms with van der Waals surface area (Å²) in [6, 6.07) is 6.62. The van der Waals surface area contributed by atoms with Crippen molar-refractivity contribution in [3.05, 3.63) is 42.7 Å². The summed E-state index contributed by atoms with van der Waals surface area (Å²) in [5, 5.41) is 0. The number of nitrogens with zero attached hydrogens (tertiary/aromatic N) is 3. The molecule has 0 N–H and O–H groups in total. The van der Waals surface area contributed by atoms with Crippen LogP contribution in [0.1, 0.15) is 0 Å². The number of aromatic nitrogens is 2. The average Bonchev–Trinajstić information content (AvgIpc) is 2.87. The van der Waals surface area contributed by atoms with E-state index in [0.717, 1.165) is 35.4 Å². The minimum absolute atomic E-state index is 0.212. The van der Waals surface area contributed by atoms with Crippen LogP contribution in [-0.2, 0) is 27.4 Å². The van der Waals surface area contributed by atoms with E-state index in [2.05, 4.69) is 4.18 Å². The van der Waals surface area contributed by atoms with Gasteiger partial charge in [0, 0.05) is 7.05 Å². The molecule has 1 heterocycles. The highest BCUT2D eigenvalue weighted by molar-refractivity contribution is 7.91. The Morgan fingerprint density at radius 2 is 1.68 bits per heavy atom. The zero-order chi connectivity index (χ0) is 19.0. The molecule has 2 aromatic rings. The smallest absolute Gasteiger partial charge is 0.301 e. The molecule has 0 saturated heterocycles. The Morgan fingerprint density at radius 1 is 1.12 bits per heavy atom. The molecule has 0 aliphatic carbocycles. The fourth-order valence-corrected chi connectivity index (χ4v) is 3.52. The van der Waals surface area contributed by atoms with Crippen LogP contribution in [0.2, 0.25) is 0 Å². The van der Waals surface area contributed by atoms with Gasteiger partial charge in [0.1, 0.15) is 6.20 Å². The van der Waals surface area contributed by atoms with Crippen LogP contribution in [0.5, 0.6) is 6.01 Å². The number of hydrogen-bond donors (Lipinski definition) is 0. The van der Waals surface area contributed by atoms with Crippen molar-refractivity contribution in [2.75, 3.05) is 11.4 Å². The van der Waals surface area contributed by atoms with E-state index in [9.17, 15) is 30.0 Å². The Morgan fingerprint density at radius 3 is 2.20 bits per heavy atom. The van der Waals surface area contributed by atoms with E-state index in [0.29, 0.717) is 3.97 Å². The Balaban J connectivity index is 2.51. The number of para-hydroxylation sites is 1. The first-order valence-corrected chi connectivity index (χ1v) is 9.30. The summed E-state index contributed by atoms with van der Waals surface area (Å²) < 4.78 is 91.1. The van der Waals surface area contributed by atoms with Gasteiger partial charge in [-0.25, -0.2) is 4.31 Å². The van der Waals surface area contributed by atoms with Crippen molar-refractivity contribution in [3.63, 3.8) is 0 Å². The van der Waals surface area contributed by atoms with Crippen molar-refractivity contribution in [1.82, 2.24) is 3.97 Å². The third-order valence-corrected chi connectivity index (χ3v) is 5.71. The summed E-state index contributed by atoms with van der Waals surface area (Å²) in [6.45, 7) is 0. The highest BCUT2D eigenvalue weighted by Crippen LogP contribution is 2.27. The van der Waals surface area contributed by atoms with E-state index < -0.39 is 31.8 Å². The van der Waals surface area contributed by atoms with Crippen LogP contribution >= 0.6 is 0 Å². The molecule has 0 aliphatic rings.